The van der Waals surface area contributed by atoms with Gasteiger partial charge in [-0.1, -0.05) is 18.2 Å². The molecular formula is C18H20FN3O2. The average Bonchev–Trinajstić information content (AvgIpc) is 3.43. The third-order valence-corrected chi connectivity index (χ3v) is 4.02. The topological polar surface area (TPSA) is 65.5 Å². The highest BCUT2D eigenvalue weighted by atomic mass is 19.1. The van der Waals surface area contributed by atoms with Crippen molar-refractivity contribution in [2.24, 2.45) is 0 Å². The van der Waals surface area contributed by atoms with Crippen molar-refractivity contribution in [3.8, 4) is 0 Å². The molecule has 24 heavy (non-hydrogen) atoms. The molecule has 0 radical (unpaired) electrons. The second kappa shape index (κ2) is 7.40. The molecular weight excluding hydrogens is 309 g/mol. The van der Waals surface area contributed by atoms with Gasteiger partial charge in [0.05, 0.1) is 18.3 Å². The normalized spacial score (nSPS) is 14.9. The molecule has 2 N–H and O–H groups in total. The van der Waals surface area contributed by atoms with Crippen molar-refractivity contribution >= 4 is 6.03 Å². The standard InChI is InChI=1S/C18H20FN3O2/c19-14-5-3-4-13(12-14)17(16-6-1-2-9-20-16)21-18(24)22(10-11-23)15-7-8-15/h1-6,9,12,15,17,23H,7-8,10-11H2,(H,21,24). The van der Waals surface area contributed by atoms with Crippen LogP contribution in [0.4, 0.5) is 9.18 Å². The summed E-state index contributed by atoms with van der Waals surface area (Å²) >= 11 is 0. The SMILES string of the molecule is O=C(NC(c1cccc(F)c1)c1ccccn1)N(CCO)C1CC1. The van der Waals surface area contributed by atoms with Crippen LogP contribution >= 0.6 is 0 Å². The Morgan fingerprint density at radius 1 is 1.33 bits per heavy atom. The molecule has 2 amide bonds. The van der Waals surface area contributed by atoms with Crippen LogP contribution < -0.4 is 5.32 Å². The fourth-order valence-corrected chi connectivity index (χ4v) is 2.71. The van der Waals surface area contributed by atoms with Gasteiger partial charge in [-0.15, -0.1) is 0 Å². The Hall–Kier alpha value is -2.47. The molecule has 1 fully saturated rings. The van der Waals surface area contributed by atoms with E-state index in [-0.39, 0.29) is 31.0 Å². The number of hydrogen-bond donors (Lipinski definition) is 2. The lowest BCUT2D eigenvalue weighted by Crippen LogP contribution is -2.44. The Balaban J connectivity index is 1.86. The van der Waals surface area contributed by atoms with Crippen molar-refractivity contribution in [1.29, 1.82) is 0 Å². The first-order valence-corrected chi connectivity index (χ1v) is 8.03. The number of urea groups is 1. The van der Waals surface area contributed by atoms with Gasteiger partial charge < -0.3 is 15.3 Å². The summed E-state index contributed by atoms with van der Waals surface area (Å²) in [6.45, 7) is 0.201. The van der Waals surface area contributed by atoms with E-state index >= 15 is 0 Å². The number of nitrogens with zero attached hydrogens (tertiary/aromatic N) is 2. The minimum atomic E-state index is -0.547. The van der Waals surface area contributed by atoms with E-state index in [1.54, 1.807) is 35.4 Å². The van der Waals surface area contributed by atoms with Crippen LogP contribution in [0.15, 0.2) is 48.7 Å². The first kappa shape index (κ1) is 16.4. The minimum absolute atomic E-state index is 0.0852. The van der Waals surface area contributed by atoms with Gasteiger partial charge in [-0.3, -0.25) is 4.98 Å². The molecule has 1 aliphatic carbocycles. The lowest BCUT2D eigenvalue weighted by molar-refractivity contribution is 0.171. The summed E-state index contributed by atoms with van der Waals surface area (Å²) in [6.07, 6.45) is 3.53. The van der Waals surface area contributed by atoms with Gasteiger partial charge in [0.1, 0.15) is 5.82 Å². The summed E-state index contributed by atoms with van der Waals surface area (Å²) in [4.78, 5) is 18.6. The fraction of sp³-hybridized carbons (Fsp3) is 0.333. The largest absolute Gasteiger partial charge is 0.395 e. The number of nitrogens with one attached hydrogen (secondary N) is 1. The number of hydrogen-bond acceptors (Lipinski definition) is 3. The summed E-state index contributed by atoms with van der Waals surface area (Å²) in [6, 6.07) is 10.9. The zero-order chi connectivity index (χ0) is 16.9. The summed E-state index contributed by atoms with van der Waals surface area (Å²) in [5.74, 6) is -0.364. The van der Waals surface area contributed by atoms with E-state index in [1.807, 2.05) is 6.07 Å². The van der Waals surface area contributed by atoms with E-state index in [0.29, 0.717) is 11.3 Å². The number of pyridine rings is 1. The number of rotatable bonds is 6. The third kappa shape index (κ3) is 3.89. The van der Waals surface area contributed by atoms with E-state index in [4.69, 9.17) is 0 Å². The van der Waals surface area contributed by atoms with Crippen molar-refractivity contribution in [2.75, 3.05) is 13.2 Å². The number of aromatic nitrogens is 1. The predicted molar refractivity (Wildman–Crippen MR) is 87.8 cm³/mol. The Kier molecular flexibility index (Phi) is 5.05. The van der Waals surface area contributed by atoms with Gasteiger partial charge in [0, 0.05) is 18.8 Å². The Labute approximate surface area is 140 Å². The molecule has 2 aromatic rings. The van der Waals surface area contributed by atoms with Gasteiger partial charge in [0.25, 0.3) is 0 Å². The number of aliphatic hydroxyl groups is 1. The van der Waals surface area contributed by atoms with E-state index in [2.05, 4.69) is 10.3 Å². The lowest BCUT2D eigenvalue weighted by atomic mass is 10.0. The van der Waals surface area contributed by atoms with Gasteiger partial charge in [0.15, 0.2) is 0 Å². The van der Waals surface area contributed by atoms with Crippen LogP contribution in [0.3, 0.4) is 0 Å². The first-order valence-electron chi connectivity index (χ1n) is 8.03. The summed E-state index contributed by atoms with van der Waals surface area (Å²) in [5, 5.41) is 12.1. The Bertz CT molecular complexity index is 692. The van der Waals surface area contributed by atoms with Crippen molar-refractivity contribution in [1.82, 2.24) is 15.2 Å². The van der Waals surface area contributed by atoms with Gasteiger partial charge in [-0.25, -0.2) is 9.18 Å². The number of carbonyl (C=O) groups is 1. The number of amides is 2. The fourth-order valence-electron chi connectivity index (χ4n) is 2.71. The smallest absolute Gasteiger partial charge is 0.318 e. The van der Waals surface area contributed by atoms with E-state index < -0.39 is 6.04 Å². The highest BCUT2D eigenvalue weighted by Gasteiger charge is 2.33. The van der Waals surface area contributed by atoms with Gasteiger partial charge in [-0.2, -0.15) is 0 Å². The van der Waals surface area contributed by atoms with Crippen molar-refractivity contribution in [2.45, 2.75) is 24.9 Å². The van der Waals surface area contributed by atoms with Crippen molar-refractivity contribution < 1.29 is 14.3 Å². The summed E-state index contributed by atoms with van der Waals surface area (Å²) < 4.78 is 13.6. The number of carbonyl (C=O) groups excluding carboxylic acids is 1. The molecule has 0 bridgehead atoms. The lowest BCUT2D eigenvalue weighted by Gasteiger charge is -2.26. The minimum Gasteiger partial charge on any atom is -0.395 e. The third-order valence-electron chi connectivity index (χ3n) is 4.02. The highest BCUT2D eigenvalue weighted by Crippen LogP contribution is 2.28. The quantitative estimate of drug-likeness (QED) is 0.856. The number of aliphatic hydroxyl groups excluding tert-OH is 1. The molecule has 1 heterocycles. The number of halogens is 1. The van der Waals surface area contributed by atoms with Crippen LogP contribution in [0, 0.1) is 5.82 Å². The van der Waals surface area contributed by atoms with Gasteiger partial charge in [-0.05, 0) is 42.7 Å². The molecule has 0 spiro atoms. The molecule has 1 aromatic heterocycles. The van der Waals surface area contributed by atoms with Crippen LogP contribution in [-0.4, -0.2) is 40.2 Å². The summed E-state index contributed by atoms with van der Waals surface area (Å²) in [7, 11) is 0. The Morgan fingerprint density at radius 3 is 2.79 bits per heavy atom. The molecule has 0 saturated heterocycles. The molecule has 1 aromatic carbocycles. The van der Waals surface area contributed by atoms with Crippen molar-refractivity contribution in [3.05, 3.63) is 65.7 Å². The van der Waals surface area contributed by atoms with Crippen LogP contribution in [0.1, 0.15) is 30.1 Å². The Morgan fingerprint density at radius 2 is 2.17 bits per heavy atom. The molecule has 126 valence electrons. The second-order valence-electron chi connectivity index (χ2n) is 5.84. The zero-order valence-corrected chi connectivity index (χ0v) is 13.2. The first-order chi connectivity index (χ1) is 11.7. The van der Waals surface area contributed by atoms with Crippen LogP contribution in [0.5, 0.6) is 0 Å². The zero-order valence-electron chi connectivity index (χ0n) is 13.2. The molecule has 6 heteroatoms. The molecule has 1 aliphatic rings. The second-order valence-corrected chi connectivity index (χ2v) is 5.84. The molecule has 1 unspecified atom stereocenters. The number of benzene rings is 1. The monoisotopic (exact) mass is 329 g/mol. The maximum atomic E-state index is 13.6. The molecule has 1 saturated carbocycles. The van der Waals surface area contributed by atoms with Gasteiger partial charge >= 0.3 is 6.03 Å². The molecule has 3 rings (SSSR count). The molecule has 1 atom stereocenters. The maximum absolute atomic E-state index is 13.6. The molecule has 0 aliphatic heterocycles. The van der Waals surface area contributed by atoms with Crippen LogP contribution in [0.2, 0.25) is 0 Å². The van der Waals surface area contributed by atoms with E-state index in [1.165, 1.54) is 12.1 Å². The maximum Gasteiger partial charge on any atom is 0.318 e. The van der Waals surface area contributed by atoms with Gasteiger partial charge in [0.2, 0.25) is 0 Å². The van der Waals surface area contributed by atoms with E-state index in [9.17, 15) is 14.3 Å². The van der Waals surface area contributed by atoms with Crippen LogP contribution in [0.25, 0.3) is 0 Å². The van der Waals surface area contributed by atoms with Crippen LogP contribution in [-0.2, 0) is 0 Å². The van der Waals surface area contributed by atoms with E-state index in [0.717, 1.165) is 12.8 Å². The highest BCUT2D eigenvalue weighted by molar-refractivity contribution is 5.76. The summed E-state index contributed by atoms with van der Waals surface area (Å²) in [5.41, 5.74) is 1.26. The molecule has 5 nitrogen and oxygen atoms in total. The van der Waals surface area contributed by atoms with Crippen molar-refractivity contribution in [3.63, 3.8) is 0 Å². The predicted octanol–water partition coefficient (Wildman–Crippen LogP) is 2.48. The average molecular weight is 329 g/mol.